The summed E-state index contributed by atoms with van der Waals surface area (Å²) in [6.45, 7) is 4.36. The van der Waals surface area contributed by atoms with Crippen molar-refractivity contribution < 1.29 is 4.74 Å². The van der Waals surface area contributed by atoms with E-state index in [0.717, 1.165) is 19.2 Å². The lowest BCUT2D eigenvalue weighted by Gasteiger charge is -2.33. The summed E-state index contributed by atoms with van der Waals surface area (Å²) in [5.41, 5.74) is 1.83. The van der Waals surface area contributed by atoms with Crippen molar-refractivity contribution in [2.24, 2.45) is 5.41 Å². The van der Waals surface area contributed by atoms with Gasteiger partial charge < -0.3 is 10.1 Å². The fourth-order valence-corrected chi connectivity index (χ4v) is 3.39. The SMILES string of the molecule is CC1OCCC1(CCCc1ccccc1)CNC1CC1. The van der Waals surface area contributed by atoms with Gasteiger partial charge in [-0.2, -0.15) is 0 Å². The first-order valence-electron chi connectivity index (χ1n) is 8.17. The third kappa shape index (κ3) is 3.42. The molecule has 1 heterocycles. The standard InChI is InChI=1S/C18H27NO/c1-15-18(12-13-20-15,14-19-17-9-10-17)11-5-8-16-6-3-2-4-7-16/h2-4,6-7,15,17,19H,5,8-14H2,1H3. The number of rotatable bonds is 7. The second-order valence-corrected chi connectivity index (χ2v) is 6.62. The highest BCUT2D eigenvalue weighted by Gasteiger charge is 2.41. The van der Waals surface area contributed by atoms with E-state index < -0.39 is 0 Å². The molecule has 0 amide bonds. The van der Waals surface area contributed by atoms with Crippen LogP contribution in [0.25, 0.3) is 0 Å². The number of ether oxygens (including phenoxy) is 1. The van der Waals surface area contributed by atoms with Gasteiger partial charge in [0.1, 0.15) is 0 Å². The maximum atomic E-state index is 5.88. The quantitative estimate of drug-likeness (QED) is 0.820. The monoisotopic (exact) mass is 273 g/mol. The van der Waals surface area contributed by atoms with Crippen LogP contribution in [-0.4, -0.2) is 25.3 Å². The summed E-state index contributed by atoms with van der Waals surface area (Å²) in [6.07, 6.45) is 8.11. The zero-order chi connectivity index (χ0) is 13.8. The number of hydrogen-bond acceptors (Lipinski definition) is 2. The van der Waals surface area contributed by atoms with E-state index in [1.807, 2.05) is 0 Å². The van der Waals surface area contributed by atoms with Crippen LogP contribution in [0.2, 0.25) is 0 Å². The molecule has 2 aliphatic rings. The van der Waals surface area contributed by atoms with Gasteiger partial charge >= 0.3 is 0 Å². The molecule has 2 heteroatoms. The highest BCUT2D eigenvalue weighted by Crippen LogP contribution is 2.39. The van der Waals surface area contributed by atoms with Crippen molar-refractivity contribution in [3.8, 4) is 0 Å². The Hall–Kier alpha value is -0.860. The Bertz CT molecular complexity index is 415. The molecule has 2 nitrogen and oxygen atoms in total. The molecule has 2 atom stereocenters. The topological polar surface area (TPSA) is 21.3 Å². The molecule has 1 saturated carbocycles. The number of nitrogens with one attached hydrogen (secondary N) is 1. The zero-order valence-corrected chi connectivity index (χ0v) is 12.6. The molecule has 1 N–H and O–H groups in total. The Labute approximate surface area is 122 Å². The van der Waals surface area contributed by atoms with Crippen LogP contribution >= 0.6 is 0 Å². The normalized spacial score (nSPS) is 29.8. The van der Waals surface area contributed by atoms with Crippen molar-refractivity contribution in [2.45, 2.75) is 57.6 Å². The van der Waals surface area contributed by atoms with Crippen molar-refractivity contribution in [1.82, 2.24) is 5.32 Å². The second-order valence-electron chi connectivity index (χ2n) is 6.62. The molecule has 1 saturated heterocycles. The molecule has 20 heavy (non-hydrogen) atoms. The van der Waals surface area contributed by atoms with Gasteiger partial charge in [-0.3, -0.25) is 0 Å². The first kappa shape index (κ1) is 14.1. The molecule has 0 spiro atoms. The van der Waals surface area contributed by atoms with Crippen molar-refractivity contribution in [1.29, 1.82) is 0 Å². The summed E-state index contributed by atoms with van der Waals surface area (Å²) in [7, 11) is 0. The van der Waals surface area contributed by atoms with Crippen LogP contribution in [-0.2, 0) is 11.2 Å². The Morgan fingerprint density at radius 1 is 1.25 bits per heavy atom. The van der Waals surface area contributed by atoms with Gasteiger partial charge in [-0.25, -0.2) is 0 Å². The van der Waals surface area contributed by atoms with Crippen LogP contribution in [0.4, 0.5) is 0 Å². The Kier molecular flexibility index (Phi) is 4.42. The van der Waals surface area contributed by atoms with Crippen LogP contribution in [0.1, 0.15) is 44.6 Å². The number of hydrogen-bond donors (Lipinski definition) is 1. The van der Waals surface area contributed by atoms with Gasteiger partial charge in [-0.15, -0.1) is 0 Å². The maximum absolute atomic E-state index is 5.88. The van der Waals surface area contributed by atoms with Gasteiger partial charge in [-0.05, 0) is 51.0 Å². The Morgan fingerprint density at radius 3 is 2.70 bits per heavy atom. The van der Waals surface area contributed by atoms with Gasteiger partial charge in [0.2, 0.25) is 0 Å². The van der Waals surface area contributed by atoms with Crippen LogP contribution < -0.4 is 5.32 Å². The van der Waals surface area contributed by atoms with Crippen molar-refractivity contribution in [3.63, 3.8) is 0 Å². The predicted molar refractivity (Wildman–Crippen MR) is 82.9 cm³/mol. The molecule has 2 fully saturated rings. The first-order chi connectivity index (χ1) is 9.78. The fourth-order valence-electron chi connectivity index (χ4n) is 3.39. The van der Waals surface area contributed by atoms with Crippen LogP contribution in [0.3, 0.4) is 0 Å². The van der Waals surface area contributed by atoms with Gasteiger partial charge in [0.15, 0.2) is 0 Å². The van der Waals surface area contributed by atoms with Crippen molar-refractivity contribution in [3.05, 3.63) is 35.9 Å². The molecule has 2 unspecified atom stereocenters. The largest absolute Gasteiger partial charge is 0.378 e. The maximum Gasteiger partial charge on any atom is 0.0616 e. The van der Waals surface area contributed by atoms with Gasteiger partial charge in [-0.1, -0.05) is 30.3 Å². The van der Waals surface area contributed by atoms with E-state index in [2.05, 4.69) is 42.6 Å². The lowest BCUT2D eigenvalue weighted by atomic mass is 9.76. The molecule has 1 aliphatic heterocycles. The fraction of sp³-hybridized carbons (Fsp3) is 0.667. The summed E-state index contributed by atoms with van der Waals surface area (Å²) in [4.78, 5) is 0. The third-order valence-corrected chi connectivity index (χ3v) is 5.13. The lowest BCUT2D eigenvalue weighted by Crippen LogP contribution is -2.40. The highest BCUT2D eigenvalue weighted by molar-refractivity contribution is 5.14. The van der Waals surface area contributed by atoms with Gasteiger partial charge in [0.25, 0.3) is 0 Å². The molecular weight excluding hydrogens is 246 g/mol. The van der Waals surface area contributed by atoms with Gasteiger partial charge in [0.05, 0.1) is 6.10 Å². The second kappa shape index (κ2) is 6.28. The van der Waals surface area contributed by atoms with E-state index in [4.69, 9.17) is 4.74 Å². The highest BCUT2D eigenvalue weighted by atomic mass is 16.5. The van der Waals surface area contributed by atoms with E-state index in [9.17, 15) is 0 Å². The average molecular weight is 273 g/mol. The minimum atomic E-state index is 0.372. The predicted octanol–water partition coefficient (Wildman–Crippen LogP) is 3.56. The molecule has 0 radical (unpaired) electrons. The number of benzene rings is 1. The van der Waals surface area contributed by atoms with Crippen LogP contribution in [0, 0.1) is 5.41 Å². The van der Waals surface area contributed by atoms with E-state index >= 15 is 0 Å². The van der Waals surface area contributed by atoms with E-state index in [0.29, 0.717) is 11.5 Å². The van der Waals surface area contributed by atoms with E-state index in [1.54, 1.807) is 0 Å². The summed E-state index contributed by atoms with van der Waals surface area (Å²) in [5, 5.41) is 3.74. The summed E-state index contributed by atoms with van der Waals surface area (Å²) < 4.78 is 5.88. The van der Waals surface area contributed by atoms with Crippen LogP contribution in [0.15, 0.2) is 30.3 Å². The molecule has 0 bridgehead atoms. The smallest absolute Gasteiger partial charge is 0.0616 e. The summed E-state index contributed by atoms with van der Waals surface area (Å²) in [5.74, 6) is 0. The Morgan fingerprint density at radius 2 is 2.05 bits per heavy atom. The molecule has 110 valence electrons. The zero-order valence-electron chi connectivity index (χ0n) is 12.6. The molecule has 0 aromatic heterocycles. The van der Waals surface area contributed by atoms with Gasteiger partial charge in [0, 0.05) is 24.6 Å². The van der Waals surface area contributed by atoms with E-state index in [-0.39, 0.29) is 0 Å². The molecule has 1 aromatic carbocycles. The van der Waals surface area contributed by atoms with Crippen molar-refractivity contribution >= 4 is 0 Å². The molecule has 3 rings (SSSR count). The number of aryl methyl sites for hydroxylation is 1. The molecule has 1 aromatic rings. The van der Waals surface area contributed by atoms with Crippen molar-refractivity contribution in [2.75, 3.05) is 13.2 Å². The molecule has 1 aliphatic carbocycles. The minimum absolute atomic E-state index is 0.372. The average Bonchev–Trinajstić information content (AvgIpc) is 3.23. The summed E-state index contributed by atoms with van der Waals surface area (Å²) in [6, 6.07) is 11.7. The first-order valence-corrected chi connectivity index (χ1v) is 8.17. The minimum Gasteiger partial charge on any atom is -0.378 e. The lowest BCUT2D eigenvalue weighted by molar-refractivity contribution is 0.0572. The van der Waals surface area contributed by atoms with E-state index in [1.165, 1.54) is 44.1 Å². The molecular formula is C18H27NO. The van der Waals surface area contributed by atoms with Crippen LogP contribution in [0.5, 0.6) is 0 Å². The Balaban J connectivity index is 1.53. The third-order valence-electron chi connectivity index (χ3n) is 5.13. The summed E-state index contributed by atoms with van der Waals surface area (Å²) >= 11 is 0.